The SMILES string of the molecule is Cc1cc(C)c2sc(N(Cc3cccnc3)C(=O)/C=C/c3cccs3)nc2c1. The Morgan fingerprint density at radius 3 is 2.86 bits per heavy atom. The Labute approximate surface area is 171 Å². The highest BCUT2D eigenvalue weighted by Gasteiger charge is 2.19. The second-order valence-corrected chi connectivity index (χ2v) is 8.52. The molecule has 6 heteroatoms. The van der Waals surface area contributed by atoms with Gasteiger partial charge in [0.1, 0.15) is 0 Å². The maximum Gasteiger partial charge on any atom is 0.253 e. The predicted octanol–water partition coefficient (Wildman–Crippen LogP) is 5.62. The molecule has 1 aromatic carbocycles. The van der Waals surface area contributed by atoms with Crippen molar-refractivity contribution in [3.05, 3.63) is 81.8 Å². The van der Waals surface area contributed by atoms with Gasteiger partial charge in [-0.15, -0.1) is 11.3 Å². The Morgan fingerprint density at radius 2 is 2.11 bits per heavy atom. The number of fused-ring (bicyclic) bond motifs is 1. The number of carbonyl (C=O) groups is 1. The van der Waals surface area contributed by atoms with Crippen LogP contribution in [0.5, 0.6) is 0 Å². The minimum Gasteiger partial charge on any atom is -0.280 e. The zero-order valence-corrected chi connectivity index (χ0v) is 17.3. The van der Waals surface area contributed by atoms with Crippen molar-refractivity contribution in [2.75, 3.05) is 4.90 Å². The van der Waals surface area contributed by atoms with Gasteiger partial charge in [0.15, 0.2) is 5.13 Å². The van der Waals surface area contributed by atoms with E-state index in [1.165, 1.54) is 11.1 Å². The van der Waals surface area contributed by atoms with Gasteiger partial charge in [0.2, 0.25) is 0 Å². The van der Waals surface area contributed by atoms with E-state index >= 15 is 0 Å². The number of pyridine rings is 1. The van der Waals surface area contributed by atoms with Crippen molar-refractivity contribution in [1.29, 1.82) is 0 Å². The normalized spacial score (nSPS) is 11.4. The molecule has 3 aromatic heterocycles. The van der Waals surface area contributed by atoms with Gasteiger partial charge < -0.3 is 0 Å². The zero-order valence-electron chi connectivity index (χ0n) is 15.6. The van der Waals surface area contributed by atoms with Crippen LogP contribution < -0.4 is 4.90 Å². The Hall–Kier alpha value is -2.83. The smallest absolute Gasteiger partial charge is 0.253 e. The molecule has 0 N–H and O–H groups in total. The van der Waals surface area contributed by atoms with Crippen molar-refractivity contribution in [2.45, 2.75) is 20.4 Å². The molecule has 0 atom stereocenters. The molecular formula is C22H19N3OS2. The summed E-state index contributed by atoms with van der Waals surface area (Å²) in [6.07, 6.45) is 6.99. The van der Waals surface area contributed by atoms with Gasteiger partial charge in [-0.3, -0.25) is 14.7 Å². The number of nitrogens with zero attached hydrogens (tertiary/aromatic N) is 3. The Kier molecular flexibility index (Phi) is 5.32. The molecule has 4 aromatic rings. The average Bonchev–Trinajstić information content (AvgIpc) is 3.34. The second kappa shape index (κ2) is 8.04. The molecule has 0 unspecified atom stereocenters. The molecule has 0 aliphatic carbocycles. The lowest BCUT2D eigenvalue weighted by atomic mass is 10.1. The minimum absolute atomic E-state index is 0.0920. The summed E-state index contributed by atoms with van der Waals surface area (Å²) in [5, 5.41) is 2.70. The first-order valence-electron chi connectivity index (χ1n) is 8.90. The van der Waals surface area contributed by atoms with E-state index < -0.39 is 0 Å². The molecule has 0 aliphatic rings. The summed E-state index contributed by atoms with van der Waals surface area (Å²) in [6.45, 7) is 4.58. The van der Waals surface area contributed by atoms with E-state index in [1.54, 1.807) is 46.0 Å². The van der Waals surface area contributed by atoms with Crippen molar-refractivity contribution < 1.29 is 4.79 Å². The maximum atomic E-state index is 13.1. The lowest BCUT2D eigenvalue weighted by Gasteiger charge is -2.18. The van der Waals surface area contributed by atoms with E-state index in [-0.39, 0.29) is 5.91 Å². The topological polar surface area (TPSA) is 46.1 Å². The van der Waals surface area contributed by atoms with E-state index in [0.717, 1.165) is 20.7 Å². The highest BCUT2D eigenvalue weighted by Crippen LogP contribution is 2.33. The number of aromatic nitrogens is 2. The van der Waals surface area contributed by atoms with Crippen molar-refractivity contribution >= 4 is 50.0 Å². The van der Waals surface area contributed by atoms with Gasteiger partial charge in [-0.25, -0.2) is 4.98 Å². The van der Waals surface area contributed by atoms with Gasteiger partial charge in [0, 0.05) is 23.3 Å². The lowest BCUT2D eigenvalue weighted by Crippen LogP contribution is -2.28. The van der Waals surface area contributed by atoms with Gasteiger partial charge in [-0.05, 0) is 60.2 Å². The third kappa shape index (κ3) is 4.03. The summed E-state index contributed by atoms with van der Waals surface area (Å²) in [6, 6.07) is 12.0. The molecule has 28 heavy (non-hydrogen) atoms. The molecule has 140 valence electrons. The number of hydrogen-bond acceptors (Lipinski definition) is 5. The van der Waals surface area contributed by atoms with Crippen LogP contribution in [-0.4, -0.2) is 15.9 Å². The highest BCUT2D eigenvalue weighted by molar-refractivity contribution is 7.22. The number of amides is 1. The highest BCUT2D eigenvalue weighted by atomic mass is 32.1. The van der Waals surface area contributed by atoms with Gasteiger partial charge in [-0.1, -0.05) is 29.5 Å². The minimum atomic E-state index is -0.0920. The van der Waals surface area contributed by atoms with Crippen molar-refractivity contribution in [3.63, 3.8) is 0 Å². The molecule has 0 bridgehead atoms. The molecule has 0 saturated carbocycles. The van der Waals surface area contributed by atoms with Crippen molar-refractivity contribution in [3.8, 4) is 0 Å². The van der Waals surface area contributed by atoms with Crippen molar-refractivity contribution in [2.24, 2.45) is 0 Å². The fourth-order valence-corrected chi connectivity index (χ4v) is 4.66. The average molecular weight is 406 g/mol. The molecule has 0 radical (unpaired) electrons. The fourth-order valence-electron chi connectivity index (χ4n) is 3.02. The van der Waals surface area contributed by atoms with Crippen LogP contribution in [0.1, 0.15) is 21.6 Å². The number of aryl methyl sites for hydroxylation is 2. The Balaban J connectivity index is 1.72. The number of rotatable bonds is 5. The molecule has 0 saturated heterocycles. The first kappa shape index (κ1) is 18.5. The molecule has 0 spiro atoms. The Bertz CT molecular complexity index is 1130. The lowest BCUT2D eigenvalue weighted by molar-refractivity contribution is -0.114. The van der Waals surface area contributed by atoms with Crippen LogP contribution in [0.15, 0.2) is 60.2 Å². The number of hydrogen-bond donors (Lipinski definition) is 0. The van der Waals surface area contributed by atoms with E-state index in [4.69, 9.17) is 4.98 Å². The summed E-state index contributed by atoms with van der Waals surface area (Å²) < 4.78 is 1.12. The summed E-state index contributed by atoms with van der Waals surface area (Å²) >= 11 is 3.16. The maximum absolute atomic E-state index is 13.1. The number of anilines is 1. The van der Waals surface area contributed by atoms with Gasteiger partial charge >= 0.3 is 0 Å². The molecule has 1 amide bonds. The third-order valence-electron chi connectivity index (χ3n) is 4.30. The number of thiazole rings is 1. The summed E-state index contributed by atoms with van der Waals surface area (Å²) in [5.41, 5.74) is 4.25. The molecule has 3 heterocycles. The van der Waals surface area contributed by atoms with Crippen LogP contribution in [0.4, 0.5) is 5.13 Å². The quantitative estimate of drug-likeness (QED) is 0.405. The van der Waals surface area contributed by atoms with Crippen LogP contribution in [0.2, 0.25) is 0 Å². The van der Waals surface area contributed by atoms with Crippen LogP contribution in [-0.2, 0) is 11.3 Å². The van der Waals surface area contributed by atoms with E-state index in [1.807, 2.05) is 35.7 Å². The summed E-state index contributed by atoms with van der Waals surface area (Å²) in [7, 11) is 0. The Morgan fingerprint density at radius 1 is 1.21 bits per heavy atom. The number of carbonyl (C=O) groups excluding carboxylic acids is 1. The number of thiophene rings is 1. The first-order chi connectivity index (χ1) is 13.6. The second-order valence-electron chi connectivity index (χ2n) is 6.56. The largest absolute Gasteiger partial charge is 0.280 e. The summed E-state index contributed by atoms with van der Waals surface area (Å²) in [5.74, 6) is -0.0920. The van der Waals surface area contributed by atoms with Gasteiger partial charge in [0.25, 0.3) is 5.91 Å². The molecule has 4 rings (SSSR count). The van der Waals surface area contributed by atoms with E-state index in [0.29, 0.717) is 11.7 Å². The number of benzene rings is 1. The standard InChI is InChI=1S/C22H19N3OS2/c1-15-11-16(2)21-19(12-15)24-22(28-21)25(14-17-5-3-9-23-13-17)20(26)8-7-18-6-4-10-27-18/h3-13H,14H2,1-2H3/b8-7+. The summed E-state index contributed by atoms with van der Waals surface area (Å²) in [4.78, 5) is 24.8. The predicted molar refractivity (Wildman–Crippen MR) is 118 cm³/mol. The van der Waals surface area contributed by atoms with Gasteiger partial charge in [-0.2, -0.15) is 0 Å². The monoisotopic (exact) mass is 405 g/mol. The van der Waals surface area contributed by atoms with Crippen LogP contribution in [0.25, 0.3) is 16.3 Å². The zero-order chi connectivity index (χ0) is 19.5. The van der Waals surface area contributed by atoms with Crippen molar-refractivity contribution in [1.82, 2.24) is 9.97 Å². The van der Waals surface area contributed by atoms with Crippen LogP contribution in [0, 0.1) is 13.8 Å². The molecular weight excluding hydrogens is 386 g/mol. The fraction of sp³-hybridized carbons (Fsp3) is 0.136. The van der Waals surface area contributed by atoms with E-state index in [2.05, 4.69) is 31.0 Å². The van der Waals surface area contributed by atoms with Crippen LogP contribution >= 0.6 is 22.7 Å². The first-order valence-corrected chi connectivity index (χ1v) is 10.6. The molecule has 4 nitrogen and oxygen atoms in total. The van der Waals surface area contributed by atoms with E-state index in [9.17, 15) is 4.79 Å². The van der Waals surface area contributed by atoms with Gasteiger partial charge in [0.05, 0.1) is 16.8 Å². The molecule has 0 aliphatic heterocycles. The third-order valence-corrected chi connectivity index (χ3v) is 6.37. The van der Waals surface area contributed by atoms with Crippen LogP contribution in [0.3, 0.4) is 0 Å². The molecule has 0 fully saturated rings.